The predicted octanol–water partition coefficient (Wildman–Crippen LogP) is 1.86. The number of hydrogen-bond acceptors (Lipinski definition) is 3. The van der Waals surface area contributed by atoms with E-state index in [-0.39, 0.29) is 11.9 Å². The van der Waals surface area contributed by atoms with E-state index in [0.29, 0.717) is 19.7 Å². The zero-order chi connectivity index (χ0) is 13.4. The van der Waals surface area contributed by atoms with Gasteiger partial charge in [0.05, 0.1) is 13.2 Å². The molecule has 0 radical (unpaired) electrons. The lowest BCUT2D eigenvalue weighted by Crippen LogP contribution is -2.36. The third kappa shape index (κ3) is 5.62. The molecule has 4 nitrogen and oxygen atoms in total. The van der Waals surface area contributed by atoms with E-state index in [1.54, 1.807) is 7.11 Å². The third-order valence-corrected chi connectivity index (χ3v) is 3.04. The second-order valence-electron chi connectivity index (χ2n) is 4.00. The fourth-order valence-corrected chi connectivity index (χ4v) is 1.91. The number of nitrogens with one attached hydrogen (secondary N) is 2. The quantitative estimate of drug-likeness (QED) is 0.755. The molecule has 0 aliphatic rings. The van der Waals surface area contributed by atoms with Gasteiger partial charge < -0.3 is 15.4 Å². The maximum atomic E-state index is 11.5. The number of carbonyl (C=O) groups is 1. The van der Waals surface area contributed by atoms with Crippen LogP contribution in [0.4, 0.5) is 0 Å². The summed E-state index contributed by atoms with van der Waals surface area (Å²) in [5, 5.41) is 5.95. The first kappa shape index (κ1) is 15.1. The Morgan fingerprint density at radius 2 is 2.28 bits per heavy atom. The minimum Gasteiger partial charge on any atom is -0.383 e. The van der Waals surface area contributed by atoms with Gasteiger partial charge >= 0.3 is 0 Å². The fraction of sp³-hybridized carbons (Fsp3) is 0.462. The molecule has 5 heteroatoms. The zero-order valence-corrected chi connectivity index (χ0v) is 12.3. The van der Waals surface area contributed by atoms with Crippen molar-refractivity contribution in [2.24, 2.45) is 0 Å². The third-order valence-electron chi connectivity index (χ3n) is 2.55. The standard InChI is InChI=1S/C13H19BrN2O2/c1-10(11-4-3-5-12(14)8-11)16-9-13(17)15-6-7-18-2/h3-5,8,10,16H,6-7,9H2,1-2H3,(H,15,17). The molecule has 0 fully saturated rings. The number of halogens is 1. The molecule has 1 atom stereocenters. The van der Waals surface area contributed by atoms with Crippen molar-refractivity contribution >= 4 is 21.8 Å². The van der Waals surface area contributed by atoms with E-state index in [4.69, 9.17) is 4.74 Å². The number of hydrogen-bond donors (Lipinski definition) is 2. The number of benzene rings is 1. The summed E-state index contributed by atoms with van der Waals surface area (Å²) in [6.45, 7) is 3.41. The molecule has 0 bridgehead atoms. The van der Waals surface area contributed by atoms with Crippen molar-refractivity contribution in [1.82, 2.24) is 10.6 Å². The Bertz CT molecular complexity index is 385. The van der Waals surface area contributed by atoms with Crippen LogP contribution in [0.3, 0.4) is 0 Å². The van der Waals surface area contributed by atoms with Crippen LogP contribution in [0.1, 0.15) is 18.5 Å². The monoisotopic (exact) mass is 314 g/mol. The van der Waals surface area contributed by atoms with Crippen LogP contribution >= 0.6 is 15.9 Å². The minimum atomic E-state index is -0.0195. The van der Waals surface area contributed by atoms with Crippen molar-refractivity contribution < 1.29 is 9.53 Å². The van der Waals surface area contributed by atoms with Crippen molar-refractivity contribution in [1.29, 1.82) is 0 Å². The van der Waals surface area contributed by atoms with Crippen LogP contribution in [0.2, 0.25) is 0 Å². The topological polar surface area (TPSA) is 50.4 Å². The molecule has 0 saturated heterocycles. The molecular weight excluding hydrogens is 296 g/mol. The molecule has 0 spiro atoms. The first-order valence-electron chi connectivity index (χ1n) is 5.88. The summed E-state index contributed by atoms with van der Waals surface area (Å²) in [7, 11) is 1.61. The second kappa shape index (κ2) is 8.24. The Morgan fingerprint density at radius 3 is 2.94 bits per heavy atom. The van der Waals surface area contributed by atoms with Crippen molar-refractivity contribution in [3.63, 3.8) is 0 Å². The van der Waals surface area contributed by atoms with Crippen LogP contribution < -0.4 is 10.6 Å². The van der Waals surface area contributed by atoms with Crippen LogP contribution in [0.15, 0.2) is 28.7 Å². The number of amides is 1. The molecule has 2 N–H and O–H groups in total. The van der Waals surface area contributed by atoms with Crippen LogP contribution in [0, 0.1) is 0 Å². The molecule has 0 heterocycles. The van der Waals surface area contributed by atoms with Gasteiger partial charge in [-0.3, -0.25) is 4.79 Å². The van der Waals surface area contributed by atoms with Crippen molar-refractivity contribution in [2.75, 3.05) is 26.8 Å². The molecule has 1 unspecified atom stereocenters. The van der Waals surface area contributed by atoms with Crippen LogP contribution in [-0.2, 0) is 9.53 Å². The van der Waals surface area contributed by atoms with E-state index in [1.165, 1.54) is 0 Å². The van der Waals surface area contributed by atoms with Crippen LogP contribution in [-0.4, -0.2) is 32.7 Å². The Morgan fingerprint density at radius 1 is 1.50 bits per heavy atom. The average Bonchev–Trinajstić information content (AvgIpc) is 2.36. The summed E-state index contributed by atoms with van der Waals surface area (Å²) in [6.07, 6.45) is 0. The maximum absolute atomic E-state index is 11.5. The molecule has 0 aromatic heterocycles. The molecule has 18 heavy (non-hydrogen) atoms. The minimum absolute atomic E-state index is 0.0195. The van der Waals surface area contributed by atoms with Gasteiger partial charge in [0.1, 0.15) is 0 Å². The lowest BCUT2D eigenvalue weighted by atomic mass is 10.1. The zero-order valence-electron chi connectivity index (χ0n) is 10.7. The number of carbonyl (C=O) groups excluding carboxylic acids is 1. The molecule has 0 aliphatic heterocycles. The summed E-state index contributed by atoms with van der Waals surface area (Å²) >= 11 is 3.43. The van der Waals surface area contributed by atoms with Crippen molar-refractivity contribution in [2.45, 2.75) is 13.0 Å². The molecule has 1 amide bonds. The highest BCUT2D eigenvalue weighted by atomic mass is 79.9. The molecule has 1 rings (SSSR count). The van der Waals surface area contributed by atoms with E-state index < -0.39 is 0 Å². The summed E-state index contributed by atoms with van der Waals surface area (Å²) in [4.78, 5) is 11.5. The predicted molar refractivity (Wildman–Crippen MR) is 75.4 cm³/mol. The SMILES string of the molecule is COCCNC(=O)CNC(C)c1cccc(Br)c1. The molecule has 0 saturated carbocycles. The average molecular weight is 315 g/mol. The van der Waals surface area contributed by atoms with Gasteiger partial charge in [0.2, 0.25) is 5.91 Å². The first-order valence-corrected chi connectivity index (χ1v) is 6.67. The maximum Gasteiger partial charge on any atom is 0.234 e. The highest BCUT2D eigenvalue weighted by Gasteiger charge is 2.07. The number of ether oxygens (including phenoxy) is 1. The Labute approximate surface area is 116 Å². The van der Waals surface area contributed by atoms with E-state index in [9.17, 15) is 4.79 Å². The highest BCUT2D eigenvalue weighted by Crippen LogP contribution is 2.17. The van der Waals surface area contributed by atoms with Crippen molar-refractivity contribution in [3.8, 4) is 0 Å². The normalized spacial score (nSPS) is 12.2. The summed E-state index contributed by atoms with van der Waals surface area (Å²) < 4.78 is 5.90. The molecule has 1 aromatic rings. The van der Waals surface area contributed by atoms with Gasteiger partial charge in [-0.15, -0.1) is 0 Å². The molecule has 0 aliphatic carbocycles. The van der Waals surface area contributed by atoms with E-state index >= 15 is 0 Å². The summed E-state index contributed by atoms with van der Waals surface area (Å²) in [5.41, 5.74) is 1.15. The largest absolute Gasteiger partial charge is 0.383 e. The smallest absolute Gasteiger partial charge is 0.234 e. The molecule has 100 valence electrons. The van der Waals surface area contributed by atoms with Gasteiger partial charge in [0.15, 0.2) is 0 Å². The number of rotatable bonds is 7. The van der Waals surface area contributed by atoms with Gasteiger partial charge in [-0.2, -0.15) is 0 Å². The Balaban J connectivity index is 2.32. The number of methoxy groups -OCH3 is 1. The van der Waals surface area contributed by atoms with Gasteiger partial charge in [-0.1, -0.05) is 28.1 Å². The van der Waals surface area contributed by atoms with Gasteiger partial charge in [-0.05, 0) is 24.6 Å². The van der Waals surface area contributed by atoms with Crippen LogP contribution in [0.5, 0.6) is 0 Å². The summed E-state index contributed by atoms with van der Waals surface area (Å²) in [5.74, 6) is -0.0195. The van der Waals surface area contributed by atoms with Gasteiger partial charge in [0.25, 0.3) is 0 Å². The Kier molecular flexibility index (Phi) is 6.93. The van der Waals surface area contributed by atoms with Gasteiger partial charge in [-0.25, -0.2) is 0 Å². The lowest BCUT2D eigenvalue weighted by molar-refractivity contribution is -0.120. The van der Waals surface area contributed by atoms with E-state index in [2.05, 4.69) is 26.6 Å². The first-order chi connectivity index (χ1) is 8.63. The van der Waals surface area contributed by atoms with E-state index in [1.807, 2.05) is 31.2 Å². The molecule has 1 aromatic carbocycles. The van der Waals surface area contributed by atoms with E-state index in [0.717, 1.165) is 10.0 Å². The highest BCUT2D eigenvalue weighted by molar-refractivity contribution is 9.10. The van der Waals surface area contributed by atoms with Crippen molar-refractivity contribution in [3.05, 3.63) is 34.3 Å². The van der Waals surface area contributed by atoms with Gasteiger partial charge in [0, 0.05) is 24.2 Å². The lowest BCUT2D eigenvalue weighted by Gasteiger charge is -2.14. The second-order valence-corrected chi connectivity index (χ2v) is 4.92. The Hall–Kier alpha value is -0.910. The van der Waals surface area contributed by atoms with Crippen LogP contribution in [0.25, 0.3) is 0 Å². The fourth-order valence-electron chi connectivity index (χ4n) is 1.49. The summed E-state index contributed by atoms with van der Waals surface area (Å²) in [6, 6.07) is 8.17. The molecular formula is C13H19BrN2O2.